The molecule has 0 amide bonds. The van der Waals surface area contributed by atoms with Gasteiger partial charge in [-0.3, -0.25) is 0 Å². The van der Waals surface area contributed by atoms with Crippen molar-refractivity contribution in [3.63, 3.8) is 0 Å². The summed E-state index contributed by atoms with van der Waals surface area (Å²) in [5.74, 6) is 1.05. The molecule has 0 N–H and O–H groups in total. The van der Waals surface area contributed by atoms with Crippen molar-refractivity contribution in [3.8, 4) is 0 Å². The van der Waals surface area contributed by atoms with E-state index in [1.807, 2.05) is 26.0 Å². The molecule has 1 aliphatic rings. The van der Waals surface area contributed by atoms with Crippen molar-refractivity contribution in [2.75, 3.05) is 0 Å². The average molecular weight is 291 g/mol. The van der Waals surface area contributed by atoms with Crippen molar-refractivity contribution in [2.45, 2.75) is 20.3 Å². The average Bonchev–Trinajstić information content (AvgIpc) is 2.55. The summed E-state index contributed by atoms with van der Waals surface area (Å²) in [4.78, 5) is 0. The topological polar surface area (TPSA) is 13.1 Å². The summed E-state index contributed by atoms with van der Waals surface area (Å²) in [6.07, 6.45) is 9.20. The maximum Gasteiger partial charge on any atom is 0.135 e. The summed E-state index contributed by atoms with van der Waals surface area (Å²) in [7, 11) is 0. The molecule has 0 atom stereocenters. The van der Waals surface area contributed by atoms with E-state index in [0.717, 1.165) is 22.2 Å². The molecule has 0 saturated carbocycles. The van der Waals surface area contributed by atoms with E-state index in [9.17, 15) is 0 Å². The Kier molecular flexibility index (Phi) is 3.85. The van der Waals surface area contributed by atoms with Crippen LogP contribution in [0.3, 0.4) is 0 Å². The lowest BCUT2D eigenvalue weighted by Gasteiger charge is -1.92. The first-order valence-corrected chi connectivity index (χ1v) is 6.68. The highest BCUT2D eigenvalue weighted by molar-refractivity contribution is 9.10. The Labute approximate surface area is 110 Å². The molecule has 2 aromatic rings. The van der Waals surface area contributed by atoms with Gasteiger partial charge in [0.1, 0.15) is 11.3 Å². The number of furan rings is 1. The molecule has 1 aliphatic carbocycles. The predicted molar refractivity (Wildman–Crippen MR) is 77.1 cm³/mol. The monoisotopic (exact) mass is 290 g/mol. The van der Waals surface area contributed by atoms with E-state index >= 15 is 0 Å². The highest BCUT2D eigenvalue weighted by atomic mass is 79.9. The quantitative estimate of drug-likeness (QED) is 0.638. The molecule has 1 nitrogen and oxygen atoms in total. The summed E-state index contributed by atoms with van der Waals surface area (Å²) >= 11 is 3.48. The molecule has 2 heteroatoms. The minimum Gasteiger partial charge on any atom is -0.460 e. The molecule has 3 rings (SSSR count). The van der Waals surface area contributed by atoms with E-state index in [-0.39, 0.29) is 0 Å². The van der Waals surface area contributed by atoms with Crippen molar-refractivity contribution in [1.82, 2.24) is 0 Å². The zero-order chi connectivity index (χ0) is 12.3. The Morgan fingerprint density at radius 2 is 2.00 bits per heavy atom. The molecule has 0 aliphatic heterocycles. The second-order valence-corrected chi connectivity index (χ2v) is 4.49. The highest BCUT2D eigenvalue weighted by Crippen LogP contribution is 2.31. The van der Waals surface area contributed by atoms with Gasteiger partial charge in [0.05, 0.1) is 0 Å². The Morgan fingerprint density at radius 3 is 2.82 bits per heavy atom. The number of halogens is 1. The van der Waals surface area contributed by atoms with E-state index < -0.39 is 0 Å². The van der Waals surface area contributed by atoms with Gasteiger partial charge >= 0.3 is 0 Å². The van der Waals surface area contributed by atoms with Gasteiger partial charge in [-0.25, -0.2) is 0 Å². The van der Waals surface area contributed by atoms with Crippen LogP contribution in [0.25, 0.3) is 17.0 Å². The number of hydrogen-bond acceptors (Lipinski definition) is 1. The summed E-state index contributed by atoms with van der Waals surface area (Å²) < 4.78 is 6.89. The van der Waals surface area contributed by atoms with Gasteiger partial charge in [-0.1, -0.05) is 54.1 Å². The number of rotatable bonds is 0. The molecule has 88 valence electrons. The van der Waals surface area contributed by atoms with Crippen LogP contribution in [0.1, 0.15) is 25.2 Å². The third-order valence-corrected chi connectivity index (χ3v) is 3.07. The van der Waals surface area contributed by atoms with Gasteiger partial charge in [-0.05, 0) is 18.2 Å². The molecule has 0 spiro atoms. The van der Waals surface area contributed by atoms with Crippen molar-refractivity contribution in [3.05, 3.63) is 52.2 Å². The largest absolute Gasteiger partial charge is 0.460 e. The van der Waals surface area contributed by atoms with Gasteiger partial charge in [-0.2, -0.15) is 0 Å². The molecule has 0 radical (unpaired) electrons. The third-order valence-electron chi connectivity index (χ3n) is 2.58. The zero-order valence-corrected chi connectivity index (χ0v) is 11.6. The fourth-order valence-electron chi connectivity index (χ4n) is 1.88. The second kappa shape index (κ2) is 5.37. The minimum absolute atomic E-state index is 0.870. The van der Waals surface area contributed by atoms with Gasteiger partial charge in [0.15, 0.2) is 0 Å². The fraction of sp³-hybridized carbons (Fsp3) is 0.200. The first-order chi connectivity index (χ1) is 8.34. The number of fused-ring (bicyclic) bond motifs is 3. The van der Waals surface area contributed by atoms with Gasteiger partial charge < -0.3 is 4.42 Å². The molecule has 1 heterocycles. The van der Waals surface area contributed by atoms with Crippen LogP contribution in [-0.2, 0) is 6.42 Å². The van der Waals surface area contributed by atoms with Crippen LogP contribution in [0, 0.1) is 0 Å². The smallest absolute Gasteiger partial charge is 0.135 e. The third kappa shape index (κ3) is 2.37. The second-order valence-electron chi connectivity index (χ2n) is 3.57. The van der Waals surface area contributed by atoms with Crippen LogP contribution in [0.2, 0.25) is 0 Å². The summed E-state index contributed by atoms with van der Waals surface area (Å²) in [6.45, 7) is 4.00. The van der Waals surface area contributed by atoms with Crippen LogP contribution in [0.15, 0.2) is 45.3 Å². The molecule has 0 fully saturated rings. The van der Waals surface area contributed by atoms with Gasteiger partial charge in [0.25, 0.3) is 0 Å². The molecular weight excluding hydrogens is 276 g/mol. The zero-order valence-electron chi connectivity index (χ0n) is 10.0. The minimum atomic E-state index is 0.870. The van der Waals surface area contributed by atoms with Gasteiger partial charge in [0, 0.05) is 21.8 Å². The van der Waals surface area contributed by atoms with Gasteiger partial charge in [-0.15, -0.1) is 0 Å². The maximum atomic E-state index is 5.80. The standard InChI is InChI=1S/C13H9BrO.C2H6/c14-9-6-7-13-11(8-9)10-4-2-1-3-5-12(10)15-13;1-2/h1-4,6-8H,5H2;1-2H3. The van der Waals surface area contributed by atoms with Crippen molar-refractivity contribution in [2.24, 2.45) is 0 Å². The Morgan fingerprint density at radius 1 is 1.18 bits per heavy atom. The maximum absolute atomic E-state index is 5.80. The Bertz CT molecular complexity index is 576. The SMILES string of the molecule is Brc1ccc2oc3c(c2c1)C=CC=CC3.CC. The Balaban J connectivity index is 0.000000514. The number of benzene rings is 1. The predicted octanol–water partition coefficient (Wildman–Crippen LogP) is 5.35. The van der Waals surface area contributed by atoms with E-state index in [4.69, 9.17) is 4.42 Å². The molecular formula is C15H15BrO. The molecule has 0 unspecified atom stereocenters. The fourth-order valence-corrected chi connectivity index (χ4v) is 2.24. The lowest BCUT2D eigenvalue weighted by atomic mass is 10.1. The van der Waals surface area contributed by atoms with E-state index in [0.29, 0.717) is 0 Å². The molecule has 1 aromatic carbocycles. The van der Waals surface area contributed by atoms with Crippen LogP contribution >= 0.6 is 15.9 Å². The van der Waals surface area contributed by atoms with Crippen LogP contribution < -0.4 is 0 Å². The normalized spacial score (nSPS) is 12.9. The van der Waals surface area contributed by atoms with E-state index in [1.165, 1.54) is 10.9 Å². The van der Waals surface area contributed by atoms with Gasteiger partial charge in [0.2, 0.25) is 0 Å². The van der Waals surface area contributed by atoms with Crippen LogP contribution in [0.5, 0.6) is 0 Å². The number of allylic oxidation sites excluding steroid dienone is 3. The first-order valence-electron chi connectivity index (χ1n) is 5.89. The molecule has 0 bridgehead atoms. The van der Waals surface area contributed by atoms with Crippen molar-refractivity contribution >= 4 is 33.0 Å². The summed E-state index contributed by atoms with van der Waals surface area (Å²) in [5, 5.41) is 1.18. The summed E-state index contributed by atoms with van der Waals surface area (Å²) in [5.41, 5.74) is 2.17. The highest BCUT2D eigenvalue weighted by Gasteiger charge is 2.11. The van der Waals surface area contributed by atoms with Crippen LogP contribution in [-0.4, -0.2) is 0 Å². The number of hydrogen-bond donors (Lipinski definition) is 0. The molecule has 1 aromatic heterocycles. The summed E-state index contributed by atoms with van der Waals surface area (Å²) in [6, 6.07) is 6.11. The van der Waals surface area contributed by atoms with E-state index in [2.05, 4.69) is 46.3 Å². The molecule has 0 saturated heterocycles. The molecule has 17 heavy (non-hydrogen) atoms. The van der Waals surface area contributed by atoms with E-state index in [1.54, 1.807) is 0 Å². The lowest BCUT2D eigenvalue weighted by molar-refractivity contribution is 0.564. The van der Waals surface area contributed by atoms with Crippen LogP contribution in [0.4, 0.5) is 0 Å². The first kappa shape index (κ1) is 12.2. The lowest BCUT2D eigenvalue weighted by Crippen LogP contribution is -1.77. The Hall–Kier alpha value is -1.28. The van der Waals surface area contributed by atoms with Crippen molar-refractivity contribution < 1.29 is 4.42 Å². The van der Waals surface area contributed by atoms with Crippen molar-refractivity contribution in [1.29, 1.82) is 0 Å².